The monoisotopic (exact) mass is 371 g/mol. The van der Waals surface area contributed by atoms with Crippen LogP contribution >= 0.6 is 34.2 Å². The fourth-order valence-electron chi connectivity index (χ4n) is 1.90. The Bertz CT molecular complexity index is 513. The summed E-state index contributed by atoms with van der Waals surface area (Å²) in [4.78, 5) is 0. The molecule has 2 aromatic carbocycles. The number of hydrogen-bond donors (Lipinski definition) is 1. The van der Waals surface area contributed by atoms with Gasteiger partial charge in [0.25, 0.3) is 0 Å². The highest BCUT2D eigenvalue weighted by Crippen LogP contribution is 2.29. The molecule has 1 atom stereocenters. The number of anilines is 1. The van der Waals surface area contributed by atoms with Gasteiger partial charge in [0.1, 0.15) is 0 Å². The van der Waals surface area contributed by atoms with Crippen molar-refractivity contribution in [2.24, 2.45) is 0 Å². The van der Waals surface area contributed by atoms with E-state index in [0.717, 1.165) is 20.7 Å². The van der Waals surface area contributed by atoms with Crippen LogP contribution in [-0.4, -0.2) is 0 Å². The highest BCUT2D eigenvalue weighted by molar-refractivity contribution is 14.1. The Labute approximate surface area is 127 Å². The number of hydrogen-bond acceptors (Lipinski definition) is 1. The van der Waals surface area contributed by atoms with E-state index in [9.17, 15) is 0 Å². The van der Waals surface area contributed by atoms with Gasteiger partial charge in [-0.15, -0.1) is 0 Å². The summed E-state index contributed by atoms with van der Waals surface area (Å²) in [5, 5.41) is 4.28. The zero-order chi connectivity index (χ0) is 13.0. The van der Waals surface area contributed by atoms with Gasteiger partial charge in [-0.2, -0.15) is 0 Å². The summed E-state index contributed by atoms with van der Waals surface area (Å²) in [6, 6.07) is 16.8. The predicted molar refractivity (Wildman–Crippen MR) is 87.3 cm³/mol. The summed E-state index contributed by atoms with van der Waals surface area (Å²) in [7, 11) is 0. The molecule has 0 radical (unpaired) electrons. The zero-order valence-electron chi connectivity index (χ0n) is 10.2. The van der Waals surface area contributed by atoms with E-state index in [-0.39, 0.29) is 0 Å². The van der Waals surface area contributed by atoms with Crippen molar-refractivity contribution in [3.8, 4) is 0 Å². The lowest BCUT2D eigenvalue weighted by Gasteiger charge is -2.19. The van der Waals surface area contributed by atoms with E-state index in [1.54, 1.807) is 0 Å². The van der Waals surface area contributed by atoms with Gasteiger partial charge in [-0.25, -0.2) is 0 Å². The molecule has 0 heterocycles. The average Bonchev–Trinajstić information content (AvgIpc) is 2.39. The quantitative estimate of drug-likeness (QED) is 0.699. The Hall–Kier alpha value is -0.740. The minimum Gasteiger partial charge on any atom is -0.377 e. The third-order valence-corrected chi connectivity index (χ3v) is 3.85. The second-order valence-electron chi connectivity index (χ2n) is 4.14. The molecule has 94 valence electrons. The second-order valence-corrected chi connectivity index (χ2v) is 5.79. The molecule has 0 aliphatic heterocycles. The van der Waals surface area contributed by atoms with Crippen molar-refractivity contribution >= 4 is 39.9 Å². The number of rotatable bonds is 4. The first-order valence-electron chi connectivity index (χ1n) is 5.97. The Morgan fingerprint density at radius 3 is 2.50 bits per heavy atom. The summed E-state index contributed by atoms with van der Waals surface area (Å²) >= 11 is 8.52. The predicted octanol–water partition coefficient (Wildman–Crippen LogP) is 5.51. The molecular weight excluding hydrogens is 357 g/mol. The van der Waals surface area contributed by atoms with E-state index >= 15 is 0 Å². The molecule has 2 rings (SSSR count). The van der Waals surface area contributed by atoms with Gasteiger partial charge in [0.15, 0.2) is 0 Å². The van der Waals surface area contributed by atoms with Crippen molar-refractivity contribution in [1.29, 1.82) is 0 Å². The number of halogens is 2. The molecule has 1 nitrogen and oxygen atoms in total. The van der Waals surface area contributed by atoms with Crippen LogP contribution < -0.4 is 5.32 Å². The van der Waals surface area contributed by atoms with Gasteiger partial charge >= 0.3 is 0 Å². The Morgan fingerprint density at radius 2 is 1.89 bits per heavy atom. The molecule has 0 amide bonds. The van der Waals surface area contributed by atoms with Crippen LogP contribution in [0.2, 0.25) is 5.02 Å². The smallest absolute Gasteiger partial charge is 0.0648 e. The van der Waals surface area contributed by atoms with Gasteiger partial charge in [0.05, 0.1) is 16.8 Å². The van der Waals surface area contributed by atoms with Crippen LogP contribution in [0.4, 0.5) is 5.69 Å². The molecule has 3 heteroatoms. The molecule has 0 saturated heterocycles. The number of benzene rings is 2. The Morgan fingerprint density at radius 1 is 1.17 bits per heavy atom. The van der Waals surface area contributed by atoms with E-state index in [2.05, 4.69) is 65.2 Å². The van der Waals surface area contributed by atoms with Crippen LogP contribution in [0, 0.1) is 3.57 Å². The fourth-order valence-corrected chi connectivity index (χ4v) is 2.81. The van der Waals surface area contributed by atoms with Crippen molar-refractivity contribution in [1.82, 2.24) is 0 Å². The first-order valence-corrected chi connectivity index (χ1v) is 7.43. The maximum Gasteiger partial charge on any atom is 0.0648 e. The van der Waals surface area contributed by atoms with Crippen LogP contribution in [-0.2, 0) is 0 Å². The second kappa shape index (κ2) is 6.43. The maximum atomic E-state index is 6.25. The molecule has 0 aliphatic rings. The normalized spacial score (nSPS) is 12.2. The maximum absolute atomic E-state index is 6.25. The summed E-state index contributed by atoms with van der Waals surface area (Å²) in [6.07, 6.45) is 1.02. The molecule has 0 aliphatic carbocycles. The summed E-state index contributed by atoms with van der Waals surface area (Å²) in [6.45, 7) is 2.17. The standard InChI is InChI=1S/C15H15ClIN/c1-2-14(11-6-4-3-5-7-11)18-15-9-8-12(17)10-13(15)16/h3-10,14,18H,2H2,1H3. The summed E-state index contributed by atoms with van der Waals surface area (Å²) in [5.41, 5.74) is 2.28. The van der Waals surface area contributed by atoms with Gasteiger partial charge in [-0.3, -0.25) is 0 Å². The molecule has 0 bridgehead atoms. The molecule has 2 aromatic rings. The van der Waals surface area contributed by atoms with Gasteiger partial charge < -0.3 is 5.32 Å². The van der Waals surface area contributed by atoms with Gasteiger partial charge in [0, 0.05) is 3.57 Å². The van der Waals surface area contributed by atoms with E-state index in [1.165, 1.54) is 5.56 Å². The lowest BCUT2D eigenvalue weighted by atomic mass is 10.0. The van der Waals surface area contributed by atoms with Crippen LogP contribution in [0.3, 0.4) is 0 Å². The number of nitrogens with one attached hydrogen (secondary N) is 1. The topological polar surface area (TPSA) is 12.0 Å². The Balaban J connectivity index is 2.21. The van der Waals surface area contributed by atoms with Crippen molar-refractivity contribution in [3.05, 3.63) is 62.7 Å². The Kier molecular flexibility index (Phi) is 4.89. The first-order chi connectivity index (χ1) is 8.70. The zero-order valence-corrected chi connectivity index (χ0v) is 13.1. The highest BCUT2D eigenvalue weighted by atomic mass is 127. The average molecular weight is 372 g/mol. The van der Waals surface area contributed by atoms with E-state index in [0.29, 0.717) is 6.04 Å². The minimum absolute atomic E-state index is 0.295. The highest BCUT2D eigenvalue weighted by Gasteiger charge is 2.10. The van der Waals surface area contributed by atoms with E-state index in [4.69, 9.17) is 11.6 Å². The van der Waals surface area contributed by atoms with E-state index in [1.807, 2.05) is 18.2 Å². The third-order valence-electron chi connectivity index (χ3n) is 2.87. The fraction of sp³-hybridized carbons (Fsp3) is 0.200. The van der Waals surface area contributed by atoms with Crippen LogP contribution in [0.1, 0.15) is 24.9 Å². The van der Waals surface area contributed by atoms with Crippen molar-refractivity contribution in [2.45, 2.75) is 19.4 Å². The molecule has 0 saturated carbocycles. The molecule has 1 unspecified atom stereocenters. The lowest BCUT2D eigenvalue weighted by molar-refractivity contribution is 0.749. The first kappa shape index (κ1) is 13.7. The van der Waals surface area contributed by atoms with Gasteiger partial charge in [-0.05, 0) is 52.8 Å². The van der Waals surface area contributed by atoms with Crippen molar-refractivity contribution < 1.29 is 0 Å². The van der Waals surface area contributed by atoms with Gasteiger partial charge in [-0.1, -0.05) is 48.9 Å². The molecular formula is C15H15ClIN. The molecule has 18 heavy (non-hydrogen) atoms. The lowest BCUT2D eigenvalue weighted by Crippen LogP contribution is -2.09. The largest absolute Gasteiger partial charge is 0.377 e. The molecule has 0 fully saturated rings. The van der Waals surface area contributed by atoms with Crippen LogP contribution in [0.25, 0.3) is 0 Å². The van der Waals surface area contributed by atoms with Gasteiger partial charge in [0.2, 0.25) is 0 Å². The molecule has 0 aromatic heterocycles. The molecule has 0 spiro atoms. The van der Waals surface area contributed by atoms with Crippen molar-refractivity contribution in [3.63, 3.8) is 0 Å². The molecule has 1 N–H and O–H groups in total. The van der Waals surface area contributed by atoms with Crippen molar-refractivity contribution in [2.75, 3.05) is 5.32 Å². The van der Waals surface area contributed by atoms with Crippen LogP contribution in [0.15, 0.2) is 48.5 Å². The SMILES string of the molecule is CCC(Nc1ccc(I)cc1Cl)c1ccccc1. The third kappa shape index (κ3) is 3.39. The van der Waals surface area contributed by atoms with E-state index < -0.39 is 0 Å². The summed E-state index contributed by atoms with van der Waals surface area (Å²) in [5.74, 6) is 0. The summed E-state index contributed by atoms with van der Waals surface area (Å²) < 4.78 is 1.15. The van der Waals surface area contributed by atoms with Crippen LogP contribution in [0.5, 0.6) is 0 Å². The minimum atomic E-state index is 0.295.